The minimum absolute atomic E-state index is 0. The summed E-state index contributed by atoms with van der Waals surface area (Å²) in [5.74, 6) is 0. The van der Waals surface area contributed by atoms with E-state index in [4.69, 9.17) is 0 Å². The summed E-state index contributed by atoms with van der Waals surface area (Å²) in [5, 5.41) is 0. The van der Waals surface area contributed by atoms with Gasteiger partial charge in [0.1, 0.15) is 0 Å². The third-order valence-electron chi connectivity index (χ3n) is 0. The van der Waals surface area contributed by atoms with Crippen LogP contribution in [0.25, 0.3) is 0 Å². The van der Waals surface area contributed by atoms with Gasteiger partial charge in [-0.2, -0.15) is 0 Å². The van der Waals surface area contributed by atoms with Gasteiger partial charge in [0.15, 0.2) is 0 Å². The topological polar surface area (TPSA) is 0 Å². The Morgan fingerprint density at radius 3 is 1.00 bits per heavy atom. The van der Waals surface area contributed by atoms with E-state index in [1.807, 2.05) is 0 Å². The van der Waals surface area contributed by atoms with Gasteiger partial charge in [-0.15, -0.1) is 0 Å². The van der Waals surface area contributed by atoms with E-state index >= 15 is 0 Å². The second kappa shape index (κ2) is 22.4. The standard InChI is InChI=1S/Ce.La.Nd.Pr.Sm. The molecule has 0 bridgehead atoms. The van der Waals surface area contributed by atoms with Crippen LogP contribution in [-0.4, -0.2) is 0 Å². The second-order valence-electron chi connectivity index (χ2n) is 0. The first-order valence-electron chi connectivity index (χ1n) is 0. The Bertz CT molecular complexity index is 11.6. The minimum Gasteiger partial charge on any atom is 0 e. The van der Waals surface area contributed by atoms with Gasteiger partial charge >= 0.3 is 0 Å². The first kappa shape index (κ1) is 29.9. The van der Waals surface area contributed by atoms with Crippen LogP contribution in [0.15, 0.2) is 0 Å². The number of hydrogen-bond acceptors (Lipinski definition) is 0. The molecule has 0 fully saturated rings. The molecule has 2 radical (unpaired) electrons. The van der Waals surface area contributed by atoms with Crippen LogP contribution in [0.2, 0.25) is 0 Å². The molecule has 0 amide bonds. The normalized spacial score (nSPS) is 0. The smallest absolute Gasteiger partial charge is 0 e. The quantitative estimate of drug-likeness (QED) is 0.332. The first-order chi connectivity index (χ1) is 0. The largest absolute Gasteiger partial charge is 0 e. The summed E-state index contributed by atoms with van der Waals surface area (Å²) in [7, 11) is 0. The average molecular weight is 715 g/mol. The Kier molecular flexibility index (Phi) is 134. The monoisotopic (exact) mass is 714 g/mol. The zero-order chi connectivity index (χ0) is 0. The van der Waals surface area contributed by atoms with Crippen LogP contribution in [-0.2, 0) is 0 Å². The van der Waals surface area contributed by atoms with Gasteiger partial charge in [-0.3, -0.25) is 0 Å². The molecular weight excluding hydrogens is 715 g/mol. The van der Waals surface area contributed by atoms with Crippen molar-refractivity contribution in [3.63, 3.8) is 0 Å². The van der Waals surface area contributed by atoms with Crippen molar-refractivity contribution in [2.45, 2.75) is 0 Å². The maximum Gasteiger partial charge on any atom is 0 e. The summed E-state index contributed by atoms with van der Waals surface area (Å²) in [4.78, 5) is 0. The molecule has 0 aliphatic carbocycles. The Balaban J connectivity index is 0. The molecule has 0 unspecified atom stereocenters. The molecule has 0 saturated carbocycles. The Labute approximate surface area is 192 Å². The van der Waals surface area contributed by atoms with Crippen molar-refractivity contribution in [3.05, 3.63) is 0 Å². The molecule has 0 nitrogen and oxygen atoms in total. The van der Waals surface area contributed by atoms with E-state index < -0.39 is 0 Å². The average Bonchev–Trinajstić information content (AvgIpc) is 0. The van der Waals surface area contributed by atoms with E-state index in [0.29, 0.717) is 0 Å². The van der Waals surface area contributed by atoms with E-state index in [2.05, 4.69) is 0 Å². The molecule has 0 saturated heterocycles. The molecule has 0 rings (SSSR count). The van der Waals surface area contributed by atoms with E-state index in [1.54, 1.807) is 0 Å². The summed E-state index contributed by atoms with van der Waals surface area (Å²) in [6.45, 7) is 0. The predicted octanol–water partition coefficient (Wildman–Crippen LogP) is 0. The molecule has 0 aliphatic rings. The molecule has 5 heteroatoms. The van der Waals surface area contributed by atoms with Crippen LogP contribution < -0.4 is 0 Å². The van der Waals surface area contributed by atoms with Crippen LogP contribution in [0.3, 0.4) is 0 Å². The number of hydrogen-bond donors (Lipinski definition) is 0. The summed E-state index contributed by atoms with van der Waals surface area (Å²) >= 11 is 0. The maximum atomic E-state index is 0. The van der Waals surface area contributed by atoms with Crippen LogP contribution in [0.5, 0.6) is 0 Å². The van der Waals surface area contributed by atoms with Crippen molar-refractivity contribution >= 4 is 0 Å². The third kappa shape index (κ3) is 18.0. The van der Waals surface area contributed by atoms with Gasteiger partial charge < -0.3 is 0 Å². The van der Waals surface area contributed by atoms with Crippen LogP contribution in [0, 0.1) is 200 Å². The van der Waals surface area contributed by atoms with Gasteiger partial charge in [-0.05, 0) is 0 Å². The van der Waals surface area contributed by atoms with Gasteiger partial charge in [-0.25, -0.2) is 0 Å². The van der Waals surface area contributed by atoms with E-state index in [9.17, 15) is 0 Å². The van der Waals surface area contributed by atoms with Crippen LogP contribution in [0.4, 0.5) is 0 Å². The van der Waals surface area contributed by atoms with E-state index in [1.165, 1.54) is 0 Å². The molecule has 0 aromatic carbocycles. The fourth-order valence-corrected chi connectivity index (χ4v) is 0. The summed E-state index contributed by atoms with van der Waals surface area (Å²) in [5.41, 5.74) is 0. The van der Waals surface area contributed by atoms with Crippen molar-refractivity contribution in [2.75, 3.05) is 0 Å². The van der Waals surface area contributed by atoms with E-state index in [-0.39, 0.29) is 200 Å². The second-order valence-corrected chi connectivity index (χ2v) is 0. The van der Waals surface area contributed by atoms with Gasteiger partial charge in [0.25, 0.3) is 0 Å². The molecule has 0 spiro atoms. The van der Waals surface area contributed by atoms with E-state index in [0.717, 1.165) is 0 Å². The van der Waals surface area contributed by atoms with Gasteiger partial charge in [0, 0.05) is 200 Å². The Morgan fingerprint density at radius 1 is 1.00 bits per heavy atom. The minimum atomic E-state index is 0. The molecule has 0 aliphatic heterocycles. The Hall–Kier alpha value is 6.62. The van der Waals surface area contributed by atoms with Crippen molar-refractivity contribution in [1.82, 2.24) is 0 Å². The van der Waals surface area contributed by atoms with Gasteiger partial charge in [-0.1, -0.05) is 0 Å². The third-order valence-corrected chi connectivity index (χ3v) is 0. The van der Waals surface area contributed by atoms with Crippen molar-refractivity contribution in [3.8, 4) is 0 Å². The molecule has 0 heterocycles. The maximum absolute atomic E-state index is 0. The summed E-state index contributed by atoms with van der Waals surface area (Å²) < 4.78 is 0. The van der Waals surface area contributed by atoms with Crippen molar-refractivity contribution < 1.29 is 200 Å². The molecular formula is CeLaNdPrSm. The summed E-state index contributed by atoms with van der Waals surface area (Å²) in [6, 6.07) is 0. The van der Waals surface area contributed by atoms with Gasteiger partial charge in [0.2, 0.25) is 0 Å². The Morgan fingerprint density at radius 2 is 1.00 bits per heavy atom. The molecule has 0 atom stereocenters. The predicted molar refractivity (Wildman–Crippen MR) is 0 cm³/mol. The molecule has 0 aromatic heterocycles. The van der Waals surface area contributed by atoms with Crippen LogP contribution in [0.1, 0.15) is 0 Å². The summed E-state index contributed by atoms with van der Waals surface area (Å²) in [6.07, 6.45) is 0. The number of rotatable bonds is 0. The molecule has 0 N–H and O–H groups in total. The molecule has 5 heavy (non-hydrogen) atoms. The van der Waals surface area contributed by atoms with Gasteiger partial charge in [0.05, 0.1) is 0 Å². The zero-order valence-corrected chi connectivity index (χ0v) is 18.9. The zero-order valence-electron chi connectivity index (χ0n) is 2.56. The van der Waals surface area contributed by atoms with Crippen molar-refractivity contribution in [2.24, 2.45) is 0 Å². The fourth-order valence-electron chi connectivity index (χ4n) is 0. The first-order valence-corrected chi connectivity index (χ1v) is 0. The van der Waals surface area contributed by atoms with Crippen LogP contribution >= 0.6 is 0 Å². The fraction of sp³-hybridized carbons (Fsp3) is 0. The molecule has 0 aromatic rings. The SMILES string of the molecule is [Ce].[La].[Nd].[Pr].[Sm]. The molecule has 20 valence electrons. The van der Waals surface area contributed by atoms with Crippen molar-refractivity contribution in [1.29, 1.82) is 0 Å².